The molecule has 0 aromatic heterocycles. The molecule has 0 spiro atoms. The van der Waals surface area contributed by atoms with Crippen molar-refractivity contribution in [3.63, 3.8) is 0 Å². The molecule has 56 valence electrons. The van der Waals surface area contributed by atoms with E-state index in [1.54, 1.807) is 12.2 Å². The summed E-state index contributed by atoms with van der Waals surface area (Å²) in [6, 6.07) is 0. The van der Waals surface area contributed by atoms with E-state index in [4.69, 9.17) is 5.11 Å². The van der Waals surface area contributed by atoms with Gasteiger partial charge in [0.2, 0.25) is 0 Å². The maximum atomic E-state index is 9.00. The molecule has 10 heavy (non-hydrogen) atoms. The average Bonchev–Trinajstić information content (AvgIpc) is 1.81. The van der Waals surface area contributed by atoms with Crippen LogP contribution in [0.3, 0.4) is 0 Å². The monoisotopic (exact) mass is 138 g/mol. The molecule has 0 atom stereocenters. The van der Waals surface area contributed by atoms with Gasteiger partial charge in [0, 0.05) is 0 Å². The Hall–Kier alpha value is -0.980. The predicted octanol–water partition coefficient (Wildman–Crippen LogP) is 2.83. The van der Waals surface area contributed by atoms with Crippen molar-refractivity contribution in [2.24, 2.45) is 5.92 Å². The summed E-state index contributed by atoms with van der Waals surface area (Å²) < 4.78 is 0. The molecule has 0 unspecified atom stereocenters. The first kappa shape index (κ1) is 9.02. The van der Waals surface area contributed by atoms with Crippen molar-refractivity contribution in [3.05, 3.63) is 36.6 Å². The first-order valence-corrected chi connectivity index (χ1v) is 3.30. The number of allylic oxidation sites excluding steroid dienone is 3. The van der Waals surface area contributed by atoms with Gasteiger partial charge in [0.15, 0.2) is 0 Å². The Balaban J connectivity index is 4.41. The normalized spacial score (nSPS) is 11.7. The van der Waals surface area contributed by atoms with Gasteiger partial charge < -0.3 is 5.11 Å². The van der Waals surface area contributed by atoms with E-state index in [-0.39, 0.29) is 5.76 Å². The fraction of sp³-hybridized carbons (Fsp3) is 0.333. The van der Waals surface area contributed by atoms with Crippen molar-refractivity contribution in [2.45, 2.75) is 13.8 Å². The molecule has 0 saturated carbocycles. The molecule has 0 aliphatic carbocycles. The zero-order valence-electron chi connectivity index (χ0n) is 6.59. The maximum absolute atomic E-state index is 9.00. The third kappa shape index (κ3) is 2.53. The van der Waals surface area contributed by atoms with Crippen molar-refractivity contribution in [1.29, 1.82) is 0 Å². The van der Waals surface area contributed by atoms with Crippen LogP contribution >= 0.6 is 0 Å². The third-order valence-corrected chi connectivity index (χ3v) is 1.25. The Morgan fingerprint density at radius 1 is 1.50 bits per heavy atom. The highest BCUT2D eigenvalue weighted by Crippen LogP contribution is 2.15. The van der Waals surface area contributed by atoms with E-state index < -0.39 is 0 Å². The van der Waals surface area contributed by atoms with E-state index in [0.717, 1.165) is 5.57 Å². The standard InChI is InChI=1S/C9H14O/c1-5-6-9(7(2)3)8(4)10/h5-7,10H,1,4H2,2-3H3/b9-6-. The second-order valence-corrected chi connectivity index (χ2v) is 2.46. The third-order valence-electron chi connectivity index (χ3n) is 1.25. The van der Waals surface area contributed by atoms with Crippen molar-refractivity contribution < 1.29 is 5.11 Å². The number of aliphatic hydroxyl groups excluding tert-OH is 1. The van der Waals surface area contributed by atoms with Crippen molar-refractivity contribution in [3.8, 4) is 0 Å². The molecular weight excluding hydrogens is 124 g/mol. The summed E-state index contributed by atoms with van der Waals surface area (Å²) in [5, 5.41) is 9.00. The largest absolute Gasteiger partial charge is 0.508 e. The summed E-state index contributed by atoms with van der Waals surface area (Å²) in [6.07, 6.45) is 3.42. The van der Waals surface area contributed by atoms with Crippen LogP contribution in [0, 0.1) is 5.92 Å². The molecule has 1 heteroatoms. The zero-order chi connectivity index (χ0) is 8.15. The van der Waals surface area contributed by atoms with Gasteiger partial charge in [0.1, 0.15) is 5.76 Å². The minimum atomic E-state index is 0.134. The van der Waals surface area contributed by atoms with Crippen LogP contribution in [0.25, 0.3) is 0 Å². The topological polar surface area (TPSA) is 20.2 Å². The van der Waals surface area contributed by atoms with Crippen LogP contribution in [0.1, 0.15) is 13.8 Å². The molecule has 0 amide bonds. The molecule has 1 nitrogen and oxygen atoms in total. The smallest absolute Gasteiger partial charge is 0.111 e. The minimum Gasteiger partial charge on any atom is -0.508 e. The van der Waals surface area contributed by atoms with Gasteiger partial charge in [-0.15, -0.1) is 0 Å². The van der Waals surface area contributed by atoms with Crippen molar-refractivity contribution in [2.75, 3.05) is 0 Å². The summed E-state index contributed by atoms with van der Waals surface area (Å²) in [5.74, 6) is 0.436. The lowest BCUT2D eigenvalue weighted by Crippen LogP contribution is -1.95. The Labute approximate surface area is 62.4 Å². The lowest BCUT2D eigenvalue weighted by Gasteiger charge is -2.07. The number of hydrogen-bond acceptors (Lipinski definition) is 1. The van der Waals surface area contributed by atoms with Crippen LogP contribution in [0.15, 0.2) is 36.6 Å². The Kier molecular flexibility index (Phi) is 3.55. The summed E-state index contributed by atoms with van der Waals surface area (Å²) in [7, 11) is 0. The van der Waals surface area contributed by atoms with Crippen LogP contribution in [0.2, 0.25) is 0 Å². The van der Waals surface area contributed by atoms with Gasteiger partial charge in [0.25, 0.3) is 0 Å². The zero-order valence-corrected chi connectivity index (χ0v) is 6.59. The summed E-state index contributed by atoms with van der Waals surface area (Å²) in [6.45, 7) is 11.0. The van der Waals surface area contributed by atoms with Crippen molar-refractivity contribution in [1.82, 2.24) is 0 Å². The highest BCUT2D eigenvalue weighted by molar-refractivity contribution is 5.27. The molecule has 0 fully saturated rings. The van der Waals surface area contributed by atoms with Crippen LogP contribution < -0.4 is 0 Å². The van der Waals surface area contributed by atoms with Gasteiger partial charge in [-0.25, -0.2) is 0 Å². The summed E-state index contributed by atoms with van der Waals surface area (Å²) >= 11 is 0. The summed E-state index contributed by atoms with van der Waals surface area (Å²) in [5.41, 5.74) is 0.843. The number of aliphatic hydroxyl groups is 1. The molecule has 0 aliphatic rings. The van der Waals surface area contributed by atoms with Crippen LogP contribution in [0.5, 0.6) is 0 Å². The fourth-order valence-corrected chi connectivity index (χ4v) is 0.749. The molecule has 0 aliphatic heterocycles. The molecule has 0 radical (unpaired) electrons. The van der Waals surface area contributed by atoms with E-state index in [1.165, 1.54) is 0 Å². The molecule has 0 heterocycles. The first-order chi connectivity index (χ1) is 4.59. The van der Waals surface area contributed by atoms with E-state index in [9.17, 15) is 0 Å². The van der Waals surface area contributed by atoms with E-state index >= 15 is 0 Å². The quantitative estimate of drug-likeness (QED) is 0.469. The predicted molar refractivity (Wildman–Crippen MR) is 44.9 cm³/mol. The van der Waals surface area contributed by atoms with E-state index in [0.29, 0.717) is 5.92 Å². The molecule has 0 saturated heterocycles. The van der Waals surface area contributed by atoms with Gasteiger partial charge >= 0.3 is 0 Å². The Morgan fingerprint density at radius 2 is 2.00 bits per heavy atom. The molecule has 0 aromatic rings. The maximum Gasteiger partial charge on any atom is 0.111 e. The second kappa shape index (κ2) is 3.94. The van der Waals surface area contributed by atoms with Gasteiger partial charge in [0.05, 0.1) is 0 Å². The number of hydrogen-bond donors (Lipinski definition) is 1. The van der Waals surface area contributed by atoms with E-state index in [2.05, 4.69) is 13.2 Å². The second-order valence-electron chi connectivity index (χ2n) is 2.46. The highest BCUT2D eigenvalue weighted by atomic mass is 16.3. The fourth-order valence-electron chi connectivity index (χ4n) is 0.749. The van der Waals surface area contributed by atoms with Crippen LogP contribution in [-0.2, 0) is 0 Å². The molecule has 1 N–H and O–H groups in total. The molecular formula is C9H14O. The number of rotatable bonds is 3. The molecule has 0 aromatic carbocycles. The molecule has 0 rings (SSSR count). The first-order valence-electron chi connectivity index (χ1n) is 3.30. The SMILES string of the molecule is C=C/C=C(\C(=C)O)C(C)C. The lowest BCUT2D eigenvalue weighted by atomic mass is 10.0. The van der Waals surface area contributed by atoms with Gasteiger partial charge in [-0.05, 0) is 11.5 Å². The van der Waals surface area contributed by atoms with Crippen LogP contribution in [0.4, 0.5) is 0 Å². The van der Waals surface area contributed by atoms with Crippen LogP contribution in [-0.4, -0.2) is 5.11 Å². The van der Waals surface area contributed by atoms with Gasteiger partial charge in [-0.3, -0.25) is 0 Å². The van der Waals surface area contributed by atoms with Crippen molar-refractivity contribution >= 4 is 0 Å². The lowest BCUT2D eigenvalue weighted by molar-refractivity contribution is 0.413. The van der Waals surface area contributed by atoms with Gasteiger partial charge in [-0.1, -0.05) is 39.2 Å². The summed E-state index contributed by atoms with van der Waals surface area (Å²) in [4.78, 5) is 0. The average molecular weight is 138 g/mol. The molecule has 0 bridgehead atoms. The van der Waals surface area contributed by atoms with E-state index in [1.807, 2.05) is 13.8 Å². The Bertz CT molecular complexity index is 164. The van der Waals surface area contributed by atoms with Gasteiger partial charge in [-0.2, -0.15) is 0 Å². The minimum absolute atomic E-state index is 0.134. The highest BCUT2D eigenvalue weighted by Gasteiger charge is 2.03. The Morgan fingerprint density at radius 3 is 2.10 bits per heavy atom.